The van der Waals surface area contributed by atoms with Crippen molar-refractivity contribution in [2.75, 3.05) is 26.1 Å². The third-order valence-electron chi connectivity index (χ3n) is 2.25. The summed E-state index contributed by atoms with van der Waals surface area (Å²) in [7, 11) is -3.40. The number of hydrogen-bond donors (Lipinski definition) is 0. The van der Waals surface area contributed by atoms with Crippen LogP contribution in [0.2, 0.25) is 5.02 Å². The van der Waals surface area contributed by atoms with Crippen LogP contribution in [0.5, 0.6) is 0 Å². The number of esters is 1. The van der Waals surface area contributed by atoms with E-state index in [2.05, 4.69) is 0 Å². The van der Waals surface area contributed by atoms with E-state index in [1.54, 1.807) is 0 Å². The minimum absolute atomic E-state index is 0.0219. The van der Waals surface area contributed by atoms with Gasteiger partial charge >= 0.3 is 5.97 Å². The number of carbonyl (C=O) groups excluding carboxylic acids is 1. The molecule has 19 heavy (non-hydrogen) atoms. The summed E-state index contributed by atoms with van der Waals surface area (Å²) in [6.45, 7) is 2.73. The van der Waals surface area contributed by atoms with E-state index in [9.17, 15) is 13.2 Å². The Balaban J connectivity index is 2.84. The second-order valence-electron chi connectivity index (χ2n) is 3.75. The molecule has 0 aliphatic heterocycles. The summed E-state index contributed by atoms with van der Waals surface area (Å²) >= 11 is 5.85. The molecule has 0 bridgehead atoms. The molecule has 0 amide bonds. The fourth-order valence-electron chi connectivity index (χ4n) is 1.31. The van der Waals surface area contributed by atoms with Crippen LogP contribution in [0.1, 0.15) is 17.3 Å². The lowest BCUT2D eigenvalue weighted by Gasteiger charge is -2.07. The number of carbonyl (C=O) groups is 1. The maximum absolute atomic E-state index is 11.8. The Morgan fingerprint density at radius 3 is 2.58 bits per heavy atom. The Morgan fingerprint density at radius 1 is 1.32 bits per heavy atom. The zero-order valence-electron chi connectivity index (χ0n) is 10.7. The van der Waals surface area contributed by atoms with Gasteiger partial charge < -0.3 is 9.47 Å². The van der Waals surface area contributed by atoms with Crippen molar-refractivity contribution in [1.29, 1.82) is 0 Å². The first-order valence-electron chi connectivity index (χ1n) is 5.60. The summed E-state index contributed by atoms with van der Waals surface area (Å²) in [5, 5.41) is 0.147. The number of rotatable bonds is 6. The molecule has 0 saturated carbocycles. The van der Waals surface area contributed by atoms with E-state index < -0.39 is 15.8 Å². The average molecular weight is 307 g/mol. The van der Waals surface area contributed by atoms with Crippen molar-refractivity contribution in [1.82, 2.24) is 0 Å². The highest BCUT2D eigenvalue weighted by atomic mass is 35.5. The van der Waals surface area contributed by atoms with Crippen molar-refractivity contribution in [3.8, 4) is 0 Å². The summed E-state index contributed by atoms with van der Waals surface area (Å²) in [6.07, 6.45) is 1.06. The molecule has 0 saturated heterocycles. The third kappa shape index (κ3) is 4.81. The molecule has 0 atom stereocenters. The molecule has 106 valence electrons. The molecule has 1 aromatic rings. The van der Waals surface area contributed by atoms with Crippen LogP contribution in [-0.4, -0.2) is 40.5 Å². The van der Waals surface area contributed by atoms with Crippen LogP contribution < -0.4 is 0 Å². The van der Waals surface area contributed by atoms with Gasteiger partial charge in [0.2, 0.25) is 0 Å². The van der Waals surface area contributed by atoms with Gasteiger partial charge in [-0.15, -0.1) is 0 Å². The van der Waals surface area contributed by atoms with E-state index >= 15 is 0 Å². The van der Waals surface area contributed by atoms with Crippen molar-refractivity contribution in [2.45, 2.75) is 11.8 Å². The second-order valence-corrected chi connectivity index (χ2v) is 6.17. The lowest BCUT2D eigenvalue weighted by molar-refractivity contribution is 0.0335. The second kappa shape index (κ2) is 6.88. The SMILES string of the molecule is CCOCCOC(=O)c1cc(S(C)(=O)=O)ccc1Cl. The van der Waals surface area contributed by atoms with Gasteiger partial charge in [0.05, 0.1) is 22.1 Å². The van der Waals surface area contributed by atoms with Gasteiger partial charge in [0.1, 0.15) is 6.61 Å². The van der Waals surface area contributed by atoms with E-state index in [1.165, 1.54) is 18.2 Å². The first-order valence-corrected chi connectivity index (χ1v) is 7.87. The Kier molecular flexibility index (Phi) is 5.78. The van der Waals surface area contributed by atoms with Crippen LogP contribution in [0.3, 0.4) is 0 Å². The molecule has 7 heteroatoms. The first kappa shape index (κ1) is 15.9. The van der Waals surface area contributed by atoms with Crippen LogP contribution >= 0.6 is 11.6 Å². The molecule has 1 aromatic carbocycles. The molecule has 1 rings (SSSR count). The van der Waals surface area contributed by atoms with Gasteiger partial charge in [0, 0.05) is 12.9 Å². The molecule has 0 aromatic heterocycles. The summed E-state index contributed by atoms with van der Waals surface area (Å²) < 4.78 is 32.8. The van der Waals surface area contributed by atoms with E-state index in [-0.39, 0.29) is 28.7 Å². The zero-order valence-corrected chi connectivity index (χ0v) is 12.3. The Hall–Kier alpha value is -1.11. The van der Waals surface area contributed by atoms with E-state index in [4.69, 9.17) is 21.1 Å². The molecule has 0 aliphatic rings. The van der Waals surface area contributed by atoms with Crippen LogP contribution in [0, 0.1) is 0 Å². The monoisotopic (exact) mass is 306 g/mol. The van der Waals surface area contributed by atoms with E-state index in [1.807, 2.05) is 6.92 Å². The molecule has 0 N–H and O–H groups in total. The van der Waals surface area contributed by atoms with Crippen LogP contribution in [0.15, 0.2) is 23.1 Å². The molecule has 0 spiro atoms. The summed E-state index contributed by atoms with van der Waals surface area (Å²) in [5.74, 6) is -0.671. The fraction of sp³-hybridized carbons (Fsp3) is 0.417. The minimum Gasteiger partial charge on any atom is -0.460 e. The van der Waals surface area contributed by atoms with Gasteiger partial charge in [-0.05, 0) is 25.1 Å². The van der Waals surface area contributed by atoms with Crippen molar-refractivity contribution in [2.24, 2.45) is 0 Å². The fourth-order valence-corrected chi connectivity index (χ4v) is 2.15. The number of hydrogen-bond acceptors (Lipinski definition) is 5. The van der Waals surface area contributed by atoms with Gasteiger partial charge in [0.15, 0.2) is 9.84 Å². The number of benzene rings is 1. The minimum atomic E-state index is -3.40. The van der Waals surface area contributed by atoms with Crippen LogP contribution in [-0.2, 0) is 19.3 Å². The highest BCUT2D eigenvalue weighted by Crippen LogP contribution is 2.21. The van der Waals surface area contributed by atoms with Gasteiger partial charge in [-0.2, -0.15) is 0 Å². The molecule has 0 radical (unpaired) electrons. The molecular weight excluding hydrogens is 292 g/mol. The topological polar surface area (TPSA) is 69.7 Å². The summed E-state index contributed by atoms with van der Waals surface area (Å²) in [6, 6.07) is 3.91. The predicted octanol–water partition coefficient (Wildman–Crippen LogP) is 1.94. The van der Waals surface area contributed by atoms with Crippen molar-refractivity contribution >= 4 is 27.4 Å². The van der Waals surface area contributed by atoms with Gasteiger partial charge in [-0.3, -0.25) is 0 Å². The third-order valence-corrected chi connectivity index (χ3v) is 3.69. The first-order chi connectivity index (χ1) is 8.86. The van der Waals surface area contributed by atoms with Crippen molar-refractivity contribution < 1.29 is 22.7 Å². The van der Waals surface area contributed by atoms with Gasteiger partial charge in [-0.25, -0.2) is 13.2 Å². The number of ether oxygens (including phenoxy) is 2. The summed E-state index contributed by atoms with van der Waals surface area (Å²) in [5.41, 5.74) is 0.0288. The van der Waals surface area contributed by atoms with Gasteiger partial charge in [0.25, 0.3) is 0 Å². The number of halogens is 1. The number of sulfone groups is 1. The lowest BCUT2D eigenvalue weighted by atomic mass is 10.2. The van der Waals surface area contributed by atoms with Crippen molar-refractivity contribution in [3.05, 3.63) is 28.8 Å². The zero-order chi connectivity index (χ0) is 14.5. The summed E-state index contributed by atoms with van der Waals surface area (Å²) in [4.78, 5) is 11.8. The maximum Gasteiger partial charge on any atom is 0.339 e. The quantitative estimate of drug-likeness (QED) is 0.593. The molecule has 0 unspecified atom stereocenters. The predicted molar refractivity (Wildman–Crippen MR) is 71.3 cm³/mol. The average Bonchev–Trinajstić information content (AvgIpc) is 2.33. The standard InChI is InChI=1S/C12H15ClO5S/c1-3-17-6-7-18-12(14)10-8-9(19(2,15)16)4-5-11(10)13/h4-5,8H,3,6-7H2,1-2H3. The Morgan fingerprint density at radius 2 is 2.00 bits per heavy atom. The van der Waals surface area contributed by atoms with Crippen molar-refractivity contribution in [3.63, 3.8) is 0 Å². The highest BCUT2D eigenvalue weighted by Gasteiger charge is 2.16. The smallest absolute Gasteiger partial charge is 0.339 e. The molecule has 0 heterocycles. The lowest BCUT2D eigenvalue weighted by Crippen LogP contribution is -2.12. The van der Waals surface area contributed by atoms with Gasteiger partial charge in [-0.1, -0.05) is 11.6 Å². The van der Waals surface area contributed by atoms with E-state index in [0.29, 0.717) is 6.61 Å². The normalized spacial score (nSPS) is 11.3. The molecular formula is C12H15ClO5S. The largest absolute Gasteiger partial charge is 0.460 e. The molecule has 5 nitrogen and oxygen atoms in total. The highest BCUT2D eigenvalue weighted by molar-refractivity contribution is 7.90. The molecule has 0 fully saturated rings. The van der Waals surface area contributed by atoms with E-state index in [0.717, 1.165) is 6.26 Å². The Bertz CT molecular complexity index is 553. The Labute approximate surface area is 117 Å². The molecule has 0 aliphatic carbocycles. The maximum atomic E-state index is 11.8. The van der Waals surface area contributed by atoms with Crippen LogP contribution in [0.4, 0.5) is 0 Å². The van der Waals surface area contributed by atoms with Crippen LogP contribution in [0.25, 0.3) is 0 Å².